The molecule has 1 rings (SSSR count). The number of nitrogens with one attached hydrogen (secondary N) is 1. The highest BCUT2D eigenvalue weighted by Gasteiger charge is 2.17. The first-order chi connectivity index (χ1) is 7.74. The maximum Gasteiger partial charge on any atom is 0.320 e. The summed E-state index contributed by atoms with van der Waals surface area (Å²) in [7, 11) is 0. The number of carboxylic acid groups (broad SMARTS) is 1. The van der Waals surface area contributed by atoms with Gasteiger partial charge in [0.05, 0.1) is 0 Å². The number of aliphatic carboxylic acids is 1. The van der Waals surface area contributed by atoms with Gasteiger partial charge in [0.2, 0.25) is 0 Å². The summed E-state index contributed by atoms with van der Waals surface area (Å²) < 4.78 is 0. The fraction of sp³-hybridized carbons (Fsp3) is 0.917. The minimum atomic E-state index is -0.719. The van der Waals surface area contributed by atoms with Crippen molar-refractivity contribution in [1.29, 1.82) is 0 Å². The fourth-order valence-corrected chi connectivity index (χ4v) is 3.42. The average Bonchev–Trinajstić information content (AvgIpc) is 2.75. The summed E-state index contributed by atoms with van der Waals surface area (Å²) in [5.41, 5.74) is 0. The third-order valence-corrected chi connectivity index (χ3v) is 4.36. The number of carboxylic acids is 1. The Labute approximate surface area is 102 Å². The fourth-order valence-electron chi connectivity index (χ4n) is 2.19. The molecule has 94 valence electrons. The van der Waals surface area contributed by atoms with E-state index in [9.17, 15) is 4.79 Å². The van der Waals surface area contributed by atoms with Crippen molar-refractivity contribution in [3.8, 4) is 0 Å². The van der Waals surface area contributed by atoms with E-state index in [1.54, 1.807) is 0 Å². The van der Waals surface area contributed by atoms with Crippen LogP contribution in [0.2, 0.25) is 0 Å². The van der Waals surface area contributed by atoms with Gasteiger partial charge in [0.25, 0.3) is 0 Å². The van der Waals surface area contributed by atoms with E-state index < -0.39 is 5.97 Å². The highest BCUT2D eigenvalue weighted by molar-refractivity contribution is 7.99. The highest BCUT2D eigenvalue weighted by atomic mass is 32.2. The minimum Gasteiger partial charge on any atom is -0.480 e. The maximum absolute atomic E-state index is 10.9. The van der Waals surface area contributed by atoms with Gasteiger partial charge in [-0.25, -0.2) is 0 Å². The second kappa shape index (κ2) is 7.96. The van der Waals surface area contributed by atoms with Crippen molar-refractivity contribution in [1.82, 2.24) is 5.32 Å². The second-order valence-corrected chi connectivity index (χ2v) is 5.61. The van der Waals surface area contributed by atoms with E-state index in [0.717, 1.165) is 24.6 Å². The lowest BCUT2D eigenvalue weighted by Crippen LogP contribution is -2.36. The molecule has 2 N–H and O–H groups in total. The van der Waals surface area contributed by atoms with Gasteiger partial charge in [-0.1, -0.05) is 19.8 Å². The molecule has 0 amide bonds. The molecule has 0 aliphatic heterocycles. The van der Waals surface area contributed by atoms with Crippen LogP contribution in [0.3, 0.4) is 0 Å². The number of likely N-dealkylation sites (N-methyl/N-ethyl adjacent to an activating group) is 1. The Morgan fingerprint density at radius 3 is 2.75 bits per heavy atom. The maximum atomic E-state index is 10.9. The molecule has 1 fully saturated rings. The normalized spacial score (nSPS) is 18.8. The molecule has 3 nitrogen and oxygen atoms in total. The first-order valence-electron chi connectivity index (χ1n) is 6.28. The summed E-state index contributed by atoms with van der Waals surface area (Å²) in [5.74, 6) is 2.36. The molecule has 1 aliphatic carbocycles. The zero-order valence-corrected chi connectivity index (χ0v) is 10.9. The van der Waals surface area contributed by atoms with Crippen molar-refractivity contribution in [2.24, 2.45) is 5.92 Å². The molecule has 0 heterocycles. The lowest BCUT2D eigenvalue weighted by Gasteiger charge is -2.13. The zero-order chi connectivity index (χ0) is 11.8. The summed E-state index contributed by atoms with van der Waals surface area (Å²) >= 11 is 1.92. The summed E-state index contributed by atoms with van der Waals surface area (Å²) in [6.07, 6.45) is 6.27. The highest BCUT2D eigenvalue weighted by Crippen LogP contribution is 2.28. The van der Waals surface area contributed by atoms with Gasteiger partial charge < -0.3 is 10.4 Å². The van der Waals surface area contributed by atoms with Gasteiger partial charge in [0.15, 0.2) is 0 Å². The lowest BCUT2D eigenvalue weighted by atomic mass is 10.1. The van der Waals surface area contributed by atoms with Crippen LogP contribution in [0.1, 0.15) is 39.0 Å². The number of hydrogen-bond donors (Lipinski definition) is 2. The Kier molecular flexibility index (Phi) is 6.88. The van der Waals surface area contributed by atoms with Crippen LogP contribution in [0.5, 0.6) is 0 Å². The standard InChI is InChI=1S/C12H23NO2S/c1-2-13-11(12(14)15)7-8-16-9-10-5-3-4-6-10/h10-11,13H,2-9H2,1H3,(H,14,15). The molecular formula is C12H23NO2S. The molecule has 1 atom stereocenters. The lowest BCUT2D eigenvalue weighted by molar-refractivity contribution is -0.139. The predicted molar refractivity (Wildman–Crippen MR) is 69.0 cm³/mol. The van der Waals surface area contributed by atoms with Gasteiger partial charge in [0.1, 0.15) is 6.04 Å². The molecule has 0 bridgehead atoms. The average molecular weight is 245 g/mol. The number of hydrogen-bond acceptors (Lipinski definition) is 3. The zero-order valence-electron chi connectivity index (χ0n) is 10.1. The van der Waals surface area contributed by atoms with Crippen LogP contribution in [-0.2, 0) is 4.79 Å². The SMILES string of the molecule is CCNC(CCSCC1CCCC1)C(=O)O. The smallest absolute Gasteiger partial charge is 0.320 e. The van der Waals surface area contributed by atoms with Crippen LogP contribution >= 0.6 is 11.8 Å². The van der Waals surface area contributed by atoms with E-state index in [0.29, 0.717) is 0 Å². The van der Waals surface area contributed by atoms with Crippen molar-refractivity contribution in [3.63, 3.8) is 0 Å². The third kappa shape index (κ3) is 5.21. The molecule has 0 aromatic rings. The largest absolute Gasteiger partial charge is 0.480 e. The summed E-state index contributed by atoms with van der Waals surface area (Å²) in [6.45, 7) is 2.67. The van der Waals surface area contributed by atoms with E-state index in [1.807, 2.05) is 18.7 Å². The van der Waals surface area contributed by atoms with E-state index in [1.165, 1.54) is 31.4 Å². The monoisotopic (exact) mass is 245 g/mol. The molecular weight excluding hydrogens is 222 g/mol. The molecule has 4 heteroatoms. The summed E-state index contributed by atoms with van der Waals surface area (Å²) in [4.78, 5) is 10.9. The Morgan fingerprint density at radius 1 is 1.50 bits per heavy atom. The molecule has 0 radical (unpaired) electrons. The van der Waals surface area contributed by atoms with Gasteiger partial charge in [-0.3, -0.25) is 4.79 Å². The Balaban J connectivity index is 2.05. The van der Waals surface area contributed by atoms with Crippen LogP contribution in [-0.4, -0.2) is 35.2 Å². The van der Waals surface area contributed by atoms with Crippen LogP contribution in [0, 0.1) is 5.92 Å². The van der Waals surface area contributed by atoms with Gasteiger partial charge in [0, 0.05) is 0 Å². The van der Waals surface area contributed by atoms with Crippen LogP contribution in [0.4, 0.5) is 0 Å². The Hall–Kier alpha value is -0.220. The van der Waals surface area contributed by atoms with Crippen molar-refractivity contribution in [3.05, 3.63) is 0 Å². The number of carbonyl (C=O) groups is 1. The summed E-state index contributed by atoms with van der Waals surface area (Å²) in [6, 6.07) is -0.360. The van der Waals surface area contributed by atoms with Crippen LogP contribution in [0.25, 0.3) is 0 Å². The first-order valence-corrected chi connectivity index (χ1v) is 7.43. The molecule has 0 saturated heterocycles. The molecule has 1 aliphatic rings. The van der Waals surface area contributed by atoms with Gasteiger partial charge in [-0.2, -0.15) is 11.8 Å². The van der Waals surface area contributed by atoms with Crippen molar-refractivity contribution < 1.29 is 9.90 Å². The first kappa shape index (κ1) is 13.8. The van der Waals surface area contributed by atoms with Crippen molar-refractivity contribution in [2.45, 2.75) is 45.1 Å². The molecule has 16 heavy (non-hydrogen) atoms. The molecule has 0 spiro atoms. The van der Waals surface area contributed by atoms with Crippen molar-refractivity contribution in [2.75, 3.05) is 18.1 Å². The topological polar surface area (TPSA) is 49.3 Å². The molecule has 0 aromatic carbocycles. The summed E-state index contributed by atoms with van der Waals surface area (Å²) in [5, 5.41) is 11.9. The Morgan fingerprint density at radius 2 is 2.19 bits per heavy atom. The third-order valence-electron chi connectivity index (χ3n) is 3.13. The van der Waals surface area contributed by atoms with E-state index >= 15 is 0 Å². The van der Waals surface area contributed by atoms with E-state index in [4.69, 9.17) is 5.11 Å². The Bertz CT molecular complexity index is 205. The number of thioether (sulfide) groups is 1. The molecule has 1 unspecified atom stereocenters. The number of rotatable bonds is 8. The van der Waals surface area contributed by atoms with E-state index in [2.05, 4.69) is 5.32 Å². The molecule has 1 saturated carbocycles. The quantitative estimate of drug-likeness (QED) is 0.645. The molecule has 0 aromatic heterocycles. The van der Waals surface area contributed by atoms with Crippen LogP contribution < -0.4 is 5.32 Å². The predicted octanol–water partition coefficient (Wildman–Crippen LogP) is 2.36. The second-order valence-electron chi connectivity index (χ2n) is 4.46. The van der Waals surface area contributed by atoms with Crippen molar-refractivity contribution >= 4 is 17.7 Å². The van der Waals surface area contributed by atoms with Gasteiger partial charge in [-0.05, 0) is 43.2 Å². The minimum absolute atomic E-state index is 0.360. The van der Waals surface area contributed by atoms with Crippen LogP contribution in [0.15, 0.2) is 0 Å². The van der Waals surface area contributed by atoms with Gasteiger partial charge in [-0.15, -0.1) is 0 Å². The van der Waals surface area contributed by atoms with Gasteiger partial charge >= 0.3 is 5.97 Å². The van der Waals surface area contributed by atoms with E-state index in [-0.39, 0.29) is 6.04 Å².